The number of isocyanates is 1. The zero-order chi connectivity index (χ0) is 18.1. The van der Waals surface area contributed by atoms with E-state index in [1.165, 1.54) is 6.08 Å². The summed E-state index contributed by atoms with van der Waals surface area (Å²) < 4.78 is 5.03. The quantitative estimate of drug-likeness (QED) is 0.473. The molecule has 0 fully saturated rings. The van der Waals surface area contributed by atoms with E-state index >= 15 is 0 Å². The molecular formula is C19H18N2O4. The number of rotatable bonds is 7. The minimum atomic E-state index is -0.589. The maximum Gasteiger partial charge on any atom is 0.411 e. The maximum absolute atomic E-state index is 11.7. The first-order valence-corrected chi connectivity index (χ1v) is 7.77. The van der Waals surface area contributed by atoms with Crippen LogP contribution in [0, 0.1) is 0 Å². The average molecular weight is 338 g/mol. The third-order valence-corrected chi connectivity index (χ3v) is 3.46. The summed E-state index contributed by atoms with van der Waals surface area (Å²) in [4.78, 5) is 35.8. The molecular weight excluding hydrogens is 320 g/mol. The number of nitrogens with one attached hydrogen (secondary N) is 1. The maximum atomic E-state index is 11.7. The lowest BCUT2D eigenvalue weighted by Gasteiger charge is -2.11. The predicted octanol–water partition coefficient (Wildman–Crippen LogP) is 3.77. The number of aliphatic imine (C=N–C) groups is 1. The summed E-state index contributed by atoms with van der Waals surface area (Å²) in [6.45, 7) is 1.66. The van der Waals surface area contributed by atoms with Crippen molar-refractivity contribution in [2.45, 2.75) is 25.9 Å². The molecule has 128 valence electrons. The van der Waals surface area contributed by atoms with Crippen LogP contribution < -0.4 is 5.32 Å². The van der Waals surface area contributed by atoms with Crippen molar-refractivity contribution in [3.63, 3.8) is 0 Å². The Kier molecular flexibility index (Phi) is 6.63. The lowest BCUT2D eigenvalue weighted by Crippen LogP contribution is -2.20. The molecule has 0 saturated heterocycles. The van der Waals surface area contributed by atoms with Crippen LogP contribution in [0.2, 0.25) is 0 Å². The van der Waals surface area contributed by atoms with Gasteiger partial charge in [-0.1, -0.05) is 24.3 Å². The first kappa shape index (κ1) is 18.1. The highest BCUT2D eigenvalue weighted by atomic mass is 16.6. The van der Waals surface area contributed by atoms with Crippen LogP contribution in [0.4, 0.5) is 16.2 Å². The Balaban J connectivity index is 1.91. The molecule has 0 saturated carbocycles. The van der Waals surface area contributed by atoms with E-state index in [1.807, 2.05) is 24.3 Å². The van der Waals surface area contributed by atoms with Crippen LogP contribution in [0.5, 0.6) is 0 Å². The Morgan fingerprint density at radius 2 is 1.76 bits per heavy atom. The van der Waals surface area contributed by atoms with E-state index in [9.17, 15) is 14.4 Å². The Bertz CT molecular complexity index is 763. The third kappa shape index (κ3) is 6.05. The van der Waals surface area contributed by atoms with Gasteiger partial charge in [-0.2, -0.15) is 4.99 Å². The lowest BCUT2D eigenvalue weighted by atomic mass is 10.0. The van der Waals surface area contributed by atoms with Gasteiger partial charge in [0.1, 0.15) is 12.4 Å². The predicted molar refractivity (Wildman–Crippen MR) is 93.7 cm³/mol. The van der Waals surface area contributed by atoms with Crippen molar-refractivity contribution < 1.29 is 19.1 Å². The number of anilines is 1. The van der Waals surface area contributed by atoms with Gasteiger partial charge in [0.2, 0.25) is 6.08 Å². The highest BCUT2D eigenvalue weighted by molar-refractivity contribution is 5.84. The van der Waals surface area contributed by atoms with Crippen molar-refractivity contribution in [1.29, 1.82) is 0 Å². The molecule has 2 aromatic carbocycles. The van der Waals surface area contributed by atoms with Crippen LogP contribution in [0.1, 0.15) is 24.5 Å². The van der Waals surface area contributed by atoms with Crippen LogP contribution in [0.3, 0.4) is 0 Å². The molecule has 0 aliphatic heterocycles. The van der Waals surface area contributed by atoms with Gasteiger partial charge < -0.3 is 9.53 Å². The minimum absolute atomic E-state index is 0.170. The molecule has 0 spiro atoms. The van der Waals surface area contributed by atoms with Gasteiger partial charge in [-0.05, 0) is 48.7 Å². The van der Waals surface area contributed by atoms with Crippen molar-refractivity contribution in [1.82, 2.24) is 0 Å². The summed E-state index contributed by atoms with van der Waals surface area (Å²) in [6.07, 6.45) is 2.06. The second kappa shape index (κ2) is 9.15. The molecule has 0 radical (unpaired) electrons. The van der Waals surface area contributed by atoms with Crippen molar-refractivity contribution in [3.8, 4) is 0 Å². The van der Waals surface area contributed by atoms with Gasteiger partial charge in [-0.3, -0.25) is 5.32 Å². The van der Waals surface area contributed by atoms with Crippen LogP contribution in [-0.4, -0.2) is 24.6 Å². The first-order valence-electron chi connectivity index (χ1n) is 7.77. The summed E-state index contributed by atoms with van der Waals surface area (Å²) >= 11 is 0. The number of hydrogen-bond acceptors (Lipinski definition) is 5. The van der Waals surface area contributed by atoms with E-state index in [2.05, 4.69) is 10.3 Å². The fraction of sp³-hybridized carbons (Fsp3) is 0.211. The molecule has 0 aromatic heterocycles. The Morgan fingerprint density at radius 1 is 1.16 bits per heavy atom. The van der Waals surface area contributed by atoms with E-state index in [-0.39, 0.29) is 6.42 Å². The summed E-state index contributed by atoms with van der Waals surface area (Å²) in [5.74, 6) is 0. The van der Waals surface area contributed by atoms with E-state index in [1.54, 1.807) is 31.2 Å². The van der Waals surface area contributed by atoms with Gasteiger partial charge in [0.25, 0.3) is 0 Å². The minimum Gasteiger partial charge on any atom is -0.446 e. The Hall–Kier alpha value is -3.24. The van der Waals surface area contributed by atoms with Gasteiger partial charge in [-0.15, -0.1) is 0 Å². The fourth-order valence-electron chi connectivity index (χ4n) is 2.20. The molecule has 6 heteroatoms. The van der Waals surface area contributed by atoms with Gasteiger partial charge in [0.15, 0.2) is 0 Å². The number of carbonyl (C=O) groups is 2. The molecule has 6 nitrogen and oxygen atoms in total. The number of benzene rings is 2. The number of carbonyl (C=O) groups excluding carboxylic acids is 3. The van der Waals surface area contributed by atoms with Gasteiger partial charge in [-0.25, -0.2) is 9.59 Å². The van der Waals surface area contributed by atoms with Crippen molar-refractivity contribution in [3.05, 3.63) is 59.7 Å². The molecule has 2 rings (SSSR count). The normalized spacial score (nSPS) is 11.1. The molecule has 0 heterocycles. The molecule has 1 N–H and O–H groups in total. The highest BCUT2D eigenvalue weighted by Gasteiger charge is 2.09. The van der Waals surface area contributed by atoms with Crippen LogP contribution in [0.15, 0.2) is 53.5 Å². The molecule has 1 atom stereocenters. The monoisotopic (exact) mass is 338 g/mol. The summed E-state index contributed by atoms with van der Waals surface area (Å²) in [5, 5.41) is 2.62. The molecule has 1 unspecified atom stereocenters. The summed E-state index contributed by atoms with van der Waals surface area (Å²) in [5.41, 5.74) is 3.33. The SMILES string of the molecule is CC(CC=O)OC(=O)Nc1ccc(Cc2ccc(N=C=O)cc2)cc1. The Morgan fingerprint density at radius 3 is 2.32 bits per heavy atom. The molecule has 1 amide bonds. The first-order chi connectivity index (χ1) is 12.1. The van der Waals surface area contributed by atoms with Crippen molar-refractivity contribution >= 4 is 29.8 Å². The van der Waals surface area contributed by atoms with Crippen LogP contribution >= 0.6 is 0 Å². The van der Waals surface area contributed by atoms with E-state index in [0.29, 0.717) is 24.1 Å². The standard InChI is InChI=1S/C19H18N2O4/c1-14(10-11-22)25-19(24)21-18-8-4-16(5-9-18)12-15-2-6-17(7-3-15)20-13-23/h2-9,11,14H,10,12H2,1H3,(H,21,24). The Labute approximate surface area is 145 Å². The smallest absolute Gasteiger partial charge is 0.411 e. The van der Waals surface area contributed by atoms with Crippen molar-refractivity contribution in [2.75, 3.05) is 5.32 Å². The average Bonchev–Trinajstić information content (AvgIpc) is 2.59. The van der Waals surface area contributed by atoms with E-state index in [0.717, 1.165) is 11.1 Å². The zero-order valence-electron chi connectivity index (χ0n) is 13.8. The largest absolute Gasteiger partial charge is 0.446 e. The van der Waals surface area contributed by atoms with Crippen LogP contribution in [-0.2, 0) is 20.7 Å². The molecule has 2 aromatic rings. The van der Waals surface area contributed by atoms with Gasteiger partial charge in [0.05, 0.1) is 5.69 Å². The number of hydrogen-bond donors (Lipinski definition) is 1. The molecule has 25 heavy (non-hydrogen) atoms. The molecule has 0 aliphatic carbocycles. The second-order valence-corrected chi connectivity index (χ2v) is 5.49. The third-order valence-electron chi connectivity index (χ3n) is 3.46. The topological polar surface area (TPSA) is 84.8 Å². The second-order valence-electron chi connectivity index (χ2n) is 5.49. The summed E-state index contributed by atoms with van der Waals surface area (Å²) in [6, 6.07) is 14.7. The number of ether oxygens (including phenoxy) is 1. The number of aldehydes is 1. The van der Waals surface area contributed by atoms with Crippen LogP contribution in [0.25, 0.3) is 0 Å². The van der Waals surface area contributed by atoms with E-state index < -0.39 is 12.2 Å². The number of amides is 1. The fourth-order valence-corrected chi connectivity index (χ4v) is 2.20. The lowest BCUT2D eigenvalue weighted by molar-refractivity contribution is -0.109. The van der Waals surface area contributed by atoms with Crippen molar-refractivity contribution in [2.24, 2.45) is 4.99 Å². The van der Waals surface area contributed by atoms with Gasteiger partial charge in [0, 0.05) is 12.1 Å². The molecule has 0 bridgehead atoms. The number of nitrogens with zero attached hydrogens (tertiary/aromatic N) is 1. The molecule has 0 aliphatic rings. The summed E-state index contributed by atoms with van der Waals surface area (Å²) in [7, 11) is 0. The highest BCUT2D eigenvalue weighted by Crippen LogP contribution is 2.17. The zero-order valence-corrected chi connectivity index (χ0v) is 13.8. The van der Waals surface area contributed by atoms with E-state index in [4.69, 9.17) is 4.74 Å². The van der Waals surface area contributed by atoms with Gasteiger partial charge >= 0.3 is 6.09 Å².